The average Bonchev–Trinajstić information content (AvgIpc) is 2.34. The predicted octanol–water partition coefficient (Wildman–Crippen LogP) is 1.35. The Morgan fingerprint density at radius 1 is 1.45 bits per heavy atom. The molecule has 1 rings (SSSR count). The Balaban J connectivity index is 2.58. The number of rotatable bonds is 3. The maximum atomic E-state index is 5.28. The van der Waals surface area contributed by atoms with Crippen LogP contribution in [-0.2, 0) is 6.54 Å². The van der Waals surface area contributed by atoms with Crippen LogP contribution in [0.3, 0.4) is 0 Å². The first-order valence-electron chi connectivity index (χ1n) is 3.50. The second kappa shape index (κ2) is 3.44. The monoisotopic (exact) mass is 155 g/mol. The molecule has 62 valence electrons. The van der Waals surface area contributed by atoms with E-state index in [1.807, 2.05) is 31.1 Å². The van der Waals surface area contributed by atoms with Crippen molar-refractivity contribution < 1.29 is 9.15 Å². The zero-order chi connectivity index (χ0) is 8.27. The maximum absolute atomic E-state index is 5.28. The third kappa shape index (κ3) is 2.27. The minimum atomic E-state index is 0.571. The van der Waals surface area contributed by atoms with Gasteiger partial charge in [0.2, 0.25) is 0 Å². The van der Waals surface area contributed by atoms with Crippen molar-refractivity contribution in [1.29, 1.82) is 0 Å². The molecule has 0 unspecified atom stereocenters. The van der Waals surface area contributed by atoms with Gasteiger partial charge < -0.3 is 14.1 Å². The van der Waals surface area contributed by atoms with Crippen molar-refractivity contribution in [2.24, 2.45) is 0 Å². The third-order valence-electron chi connectivity index (χ3n) is 1.31. The standard InChI is InChI=1S/C8H13NO2/c1-9(2)6-7-4-5-8(10-3)11-7/h4-5H,6H2,1-3H3. The van der Waals surface area contributed by atoms with Crippen molar-refractivity contribution >= 4 is 0 Å². The van der Waals surface area contributed by atoms with E-state index in [1.165, 1.54) is 0 Å². The zero-order valence-corrected chi connectivity index (χ0v) is 7.13. The number of methoxy groups -OCH3 is 1. The lowest BCUT2D eigenvalue weighted by molar-refractivity contribution is 0.274. The summed E-state index contributed by atoms with van der Waals surface area (Å²) in [7, 11) is 5.59. The molecule has 0 N–H and O–H groups in total. The fourth-order valence-electron chi connectivity index (χ4n) is 0.865. The fraction of sp³-hybridized carbons (Fsp3) is 0.500. The Bertz CT molecular complexity index is 218. The SMILES string of the molecule is COc1ccc(CN(C)C)o1. The first kappa shape index (κ1) is 8.14. The van der Waals surface area contributed by atoms with Crippen molar-refractivity contribution in [3.63, 3.8) is 0 Å². The van der Waals surface area contributed by atoms with Gasteiger partial charge in [0.15, 0.2) is 0 Å². The zero-order valence-electron chi connectivity index (χ0n) is 7.13. The van der Waals surface area contributed by atoms with E-state index in [2.05, 4.69) is 0 Å². The minimum absolute atomic E-state index is 0.571. The summed E-state index contributed by atoms with van der Waals surface area (Å²) in [5.74, 6) is 1.49. The molecule has 1 aromatic heterocycles. The van der Waals surface area contributed by atoms with Gasteiger partial charge in [-0.15, -0.1) is 0 Å². The molecule has 0 fully saturated rings. The first-order valence-corrected chi connectivity index (χ1v) is 3.50. The fourth-order valence-corrected chi connectivity index (χ4v) is 0.865. The van der Waals surface area contributed by atoms with Gasteiger partial charge in [-0.1, -0.05) is 0 Å². The molecule has 3 nitrogen and oxygen atoms in total. The van der Waals surface area contributed by atoms with Crippen molar-refractivity contribution in [3.8, 4) is 5.95 Å². The molecule has 0 saturated carbocycles. The smallest absolute Gasteiger partial charge is 0.284 e. The molecule has 1 heterocycles. The van der Waals surface area contributed by atoms with Crippen LogP contribution in [0.5, 0.6) is 5.95 Å². The Kier molecular flexibility index (Phi) is 2.54. The highest BCUT2D eigenvalue weighted by Crippen LogP contribution is 2.15. The number of hydrogen-bond acceptors (Lipinski definition) is 3. The van der Waals surface area contributed by atoms with Gasteiger partial charge in [0.25, 0.3) is 5.95 Å². The van der Waals surface area contributed by atoms with Crippen LogP contribution in [0.2, 0.25) is 0 Å². The summed E-state index contributed by atoms with van der Waals surface area (Å²) in [4.78, 5) is 2.04. The van der Waals surface area contributed by atoms with Crippen molar-refractivity contribution in [1.82, 2.24) is 4.90 Å². The van der Waals surface area contributed by atoms with E-state index in [9.17, 15) is 0 Å². The van der Waals surface area contributed by atoms with Gasteiger partial charge in [-0.05, 0) is 20.2 Å². The molecule has 0 aliphatic rings. The summed E-state index contributed by atoms with van der Waals surface area (Å²) in [6, 6.07) is 3.73. The van der Waals surface area contributed by atoms with E-state index in [-0.39, 0.29) is 0 Å². The van der Waals surface area contributed by atoms with Gasteiger partial charge in [0, 0.05) is 6.07 Å². The van der Waals surface area contributed by atoms with Crippen LogP contribution >= 0.6 is 0 Å². The molecule has 0 bridgehead atoms. The van der Waals surface area contributed by atoms with E-state index in [4.69, 9.17) is 9.15 Å². The van der Waals surface area contributed by atoms with E-state index >= 15 is 0 Å². The van der Waals surface area contributed by atoms with Gasteiger partial charge in [0.1, 0.15) is 5.76 Å². The molecular formula is C8H13NO2. The molecule has 1 aromatic rings. The van der Waals surface area contributed by atoms with Crippen molar-refractivity contribution in [2.45, 2.75) is 6.54 Å². The molecular weight excluding hydrogens is 142 g/mol. The second-order valence-corrected chi connectivity index (χ2v) is 2.66. The number of hydrogen-bond donors (Lipinski definition) is 0. The number of furan rings is 1. The van der Waals surface area contributed by atoms with Gasteiger partial charge in [-0.3, -0.25) is 0 Å². The third-order valence-corrected chi connectivity index (χ3v) is 1.31. The van der Waals surface area contributed by atoms with Crippen LogP contribution in [0, 0.1) is 0 Å². The summed E-state index contributed by atoms with van der Waals surface area (Å²) in [5, 5.41) is 0. The molecule has 0 amide bonds. The molecule has 0 spiro atoms. The lowest BCUT2D eigenvalue weighted by Gasteiger charge is -2.05. The van der Waals surface area contributed by atoms with E-state index in [0.29, 0.717) is 5.95 Å². The summed E-state index contributed by atoms with van der Waals surface area (Å²) in [5.41, 5.74) is 0. The molecule has 0 aliphatic heterocycles. The van der Waals surface area contributed by atoms with Gasteiger partial charge >= 0.3 is 0 Å². The summed E-state index contributed by atoms with van der Waals surface area (Å²) in [6.45, 7) is 0.809. The number of nitrogens with zero attached hydrogens (tertiary/aromatic N) is 1. The van der Waals surface area contributed by atoms with Crippen LogP contribution < -0.4 is 4.74 Å². The number of ether oxygens (including phenoxy) is 1. The largest absolute Gasteiger partial charge is 0.468 e. The van der Waals surface area contributed by atoms with Crippen LogP contribution in [0.1, 0.15) is 5.76 Å². The molecule has 0 atom stereocenters. The van der Waals surface area contributed by atoms with E-state index in [0.717, 1.165) is 12.3 Å². The van der Waals surface area contributed by atoms with Gasteiger partial charge in [-0.2, -0.15) is 0 Å². The average molecular weight is 155 g/mol. The Morgan fingerprint density at radius 3 is 2.64 bits per heavy atom. The quantitative estimate of drug-likeness (QED) is 0.659. The van der Waals surface area contributed by atoms with Crippen LogP contribution in [0.15, 0.2) is 16.5 Å². The summed E-state index contributed by atoms with van der Waals surface area (Å²) < 4.78 is 10.2. The van der Waals surface area contributed by atoms with Crippen molar-refractivity contribution in [2.75, 3.05) is 21.2 Å². The summed E-state index contributed by atoms with van der Waals surface area (Å²) >= 11 is 0. The van der Waals surface area contributed by atoms with Crippen LogP contribution in [0.25, 0.3) is 0 Å². The topological polar surface area (TPSA) is 25.6 Å². The predicted molar refractivity (Wildman–Crippen MR) is 42.7 cm³/mol. The minimum Gasteiger partial charge on any atom is -0.468 e. The molecule has 11 heavy (non-hydrogen) atoms. The molecule has 0 aliphatic carbocycles. The Hall–Kier alpha value is -0.960. The second-order valence-electron chi connectivity index (χ2n) is 2.66. The van der Waals surface area contributed by atoms with E-state index in [1.54, 1.807) is 7.11 Å². The molecule has 0 radical (unpaired) electrons. The Morgan fingerprint density at radius 2 is 2.18 bits per heavy atom. The molecule has 0 aromatic carbocycles. The van der Waals surface area contributed by atoms with Crippen LogP contribution in [-0.4, -0.2) is 26.1 Å². The highest BCUT2D eigenvalue weighted by atomic mass is 16.6. The normalized spacial score (nSPS) is 10.5. The molecule has 0 saturated heterocycles. The highest BCUT2D eigenvalue weighted by molar-refractivity contribution is 5.11. The van der Waals surface area contributed by atoms with Gasteiger partial charge in [0.05, 0.1) is 13.7 Å². The lowest BCUT2D eigenvalue weighted by atomic mass is 10.4. The summed E-state index contributed by atoms with van der Waals surface area (Å²) in [6.07, 6.45) is 0. The lowest BCUT2D eigenvalue weighted by Crippen LogP contribution is -2.09. The maximum Gasteiger partial charge on any atom is 0.284 e. The van der Waals surface area contributed by atoms with E-state index < -0.39 is 0 Å². The van der Waals surface area contributed by atoms with Crippen molar-refractivity contribution in [3.05, 3.63) is 17.9 Å². The molecule has 3 heteroatoms. The highest BCUT2D eigenvalue weighted by Gasteiger charge is 2.01. The van der Waals surface area contributed by atoms with Gasteiger partial charge in [-0.25, -0.2) is 0 Å². The Labute approximate surface area is 66.6 Å². The first-order chi connectivity index (χ1) is 5.22. The van der Waals surface area contributed by atoms with Crippen LogP contribution in [0.4, 0.5) is 0 Å².